The van der Waals surface area contributed by atoms with Gasteiger partial charge in [-0.2, -0.15) is 0 Å². The summed E-state index contributed by atoms with van der Waals surface area (Å²) in [6, 6.07) is 87.7. The minimum atomic E-state index is -1.64. The van der Waals surface area contributed by atoms with Gasteiger partial charge in [0.2, 0.25) is 0 Å². The highest BCUT2D eigenvalue weighted by Crippen LogP contribution is 2.67. The third kappa shape index (κ3) is 7.01. The van der Waals surface area contributed by atoms with E-state index < -0.39 is 21.6 Å². The van der Waals surface area contributed by atoms with Gasteiger partial charge in [0.25, 0.3) is 0 Å². The van der Waals surface area contributed by atoms with Crippen molar-refractivity contribution in [2.24, 2.45) is 0 Å². The second-order valence-electron chi connectivity index (χ2n) is 26.1. The van der Waals surface area contributed by atoms with E-state index >= 15 is 0 Å². The SMILES string of the molecule is Cc1cccc2c1oc1c(N(c3ccc([Si](C)(C)C)cc3)c3ccc4c(c3)C3(c5cc(N(c6ccc([Si](C)(C)C)cc6)c6cccc7c6oc6c(C)cccc67)ccc5-4)c4ccccc4-c4c3cc3c5c(cccc45)-c4ccccc4-3)cccc12. The van der Waals surface area contributed by atoms with Crippen molar-refractivity contribution in [1.29, 1.82) is 0 Å². The van der Waals surface area contributed by atoms with Crippen LogP contribution in [0.3, 0.4) is 0 Å². The number of anilines is 6. The quantitative estimate of drug-likeness (QED) is 0.142. The highest BCUT2D eigenvalue weighted by atomic mass is 28.3. The first-order valence-electron chi connectivity index (χ1n) is 30.0. The molecule has 0 atom stereocenters. The predicted octanol–water partition coefficient (Wildman–Crippen LogP) is 21.3. The van der Waals surface area contributed by atoms with Gasteiger partial charge in [0.05, 0.1) is 32.9 Å². The minimum Gasteiger partial charge on any atom is -0.454 e. The van der Waals surface area contributed by atoms with Gasteiger partial charge in [-0.3, -0.25) is 0 Å². The monoisotopic (exact) mass is 1130 g/mol. The van der Waals surface area contributed by atoms with Crippen LogP contribution in [0, 0.1) is 13.8 Å². The van der Waals surface area contributed by atoms with E-state index in [0.717, 1.165) is 89.1 Å². The molecule has 0 saturated heterocycles. The molecular weight excluding hydrogens is 1070 g/mol. The van der Waals surface area contributed by atoms with E-state index in [1.165, 1.54) is 87.9 Å². The molecule has 3 aliphatic carbocycles. The zero-order chi connectivity index (χ0) is 57.4. The van der Waals surface area contributed by atoms with E-state index in [4.69, 9.17) is 8.83 Å². The minimum absolute atomic E-state index is 0.757. The molecule has 0 bridgehead atoms. The van der Waals surface area contributed by atoms with Crippen molar-refractivity contribution in [2.75, 3.05) is 9.80 Å². The van der Waals surface area contributed by atoms with Crippen molar-refractivity contribution in [2.45, 2.75) is 58.5 Å². The van der Waals surface area contributed by atoms with Gasteiger partial charge in [0.15, 0.2) is 11.2 Å². The molecule has 2 heterocycles. The molecule has 408 valence electrons. The lowest BCUT2D eigenvalue weighted by molar-refractivity contribution is 0.665. The van der Waals surface area contributed by atoms with Gasteiger partial charge in [0.1, 0.15) is 11.2 Å². The molecule has 1 spiro atoms. The summed E-state index contributed by atoms with van der Waals surface area (Å²) in [6.07, 6.45) is 0. The van der Waals surface area contributed by atoms with E-state index in [1.54, 1.807) is 0 Å². The number of hydrogen-bond donors (Lipinski definition) is 0. The maximum atomic E-state index is 7.08. The highest BCUT2D eigenvalue weighted by Gasteiger charge is 2.53. The van der Waals surface area contributed by atoms with Crippen LogP contribution in [0.5, 0.6) is 0 Å². The Labute approximate surface area is 497 Å². The Balaban J connectivity index is 0.971. The number of hydrogen-bond acceptors (Lipinski definition) is 4. The van der Waals surface area contributed by atoms with Gasteiger partial charge in [-0.05, 0) is 169 Å². The molecule has 6 heteroatoms. The zero-order valence-corrected chi connectivity index (χ0v) is 51.2. The maximum Gasteiger partial charge on any atom is 0.159 e. The average Bonchev–Trinajstić information content (AvgIpc) is 1.55. The highest BCUT2D eigenvalue weighted by molar-refractivity contribution is 6.89. The van der Waals surface area contributed by atoms with Crippen molar-refractivity contribution in [3.8, 4) is 44.5 Å². The fourth-order valence-electron chi connectivity index (χ4n) is 15.1. The Hall–Kier alpha value is -9.47. The molecule has 0 radical (unpaired) electrons. The molecule has 0 N–H and O–H groups in total. The van der Waals surface area contributed by atoms with Crippen LogP contribution in [-0.2, 0) is 5.41 Å². The summed E-state index contributed by atoms with van der Waals surface area (Å²) in [5.74, 6) is 0. The van der Waals surface area contributed by atoms with Crippen molar-refractivity contribution >= 4 is 115 Å². The third-order valence-corrected chi connectivity index (χ3v) is 23.3. The summed E-state index contributed by atoms with van der Waals surface area (Å²) < 4.78 is 14.2. The largest absolute Gasteiger partial charge is 0.454 e. The third-order valence-electron chi connectivity index (χ3n) is 19.2. The molecule has 2 aromatic heterocycles. The number of rotatable bonds is 8. The number of para-hydroxylation sites is 4. The Morgan fingerprint density at radius 3 is 1.22 bits per heavy atom. The van der Waals surface area contributed by atoms with Gasteiger partial charge in [0, 0.05) is 44.3 Å². The summed E-state index contributed by atoms with van der Waals surface area (Å²) >= 11 is 0. The Morgan fingerprint density at radius 1 is 0.306 bits per heavy atom. The number of nitrogens with zero attached hydrogens (tertiary/aromatic N) is 2. The van der Waals surface area contributed by atoms with Gasteiger partial charge in [-0.15, -0.1) is 0 Å². The molecule has 17 rings (SSSR count). The maximum absolute atomic E-state index is 7.08. The van der Waals surface area contributed by atoms with Crippen LogP contribution < -0.4 is 20.2 Å². The van der Waals surface area contributed by atoms with Crippen molar-refractivity contribution in [3.05, 3.63) is 264 Å². The van der Waals surface area contributed by atoms with Crippen LogP contribution in [-0.4, -0.2) is 16.1 Å². The number of fused-ring (bicyclic) bond motifs is 20. The molecule has 0 aliphatic heterocycles. The van der Waals surface area contributed by atoms with Gasteiger partial charge >= 0.3 is 0 Å². The van der Waals surface area contributed by atoms with E-state index in [1.807, 2.05) is 0 Å². The van der Waals surface area contributed by atoms with E-state index in [9.17, 15) is 0 Å². The molecular formula is C79H62N2O2Si2. The summed E-state index contributed by atoms with van der Waals surface area (Å²) in [5, 5.41) is 9.93. The van der Waals surface area contributed by atoms with E-state index in [2.05, 4.69) is 293 Å². The van der Waals surface area contributed by atoms with Crippen LogP contribution in [0.4, 0.5) is 34.1 Å². The molecule has 85 heavy (non-hydrogen) atoms. The molecule has 0 fully saturated rings. The van der Waals surface area contributed by atoms with Gasteiger partial charge < -0.3 is 18.6 Å². The van der Waals surface area contributed by atoms with E-state index in [0.29, 0.717) is 0 Å². The fraction of sp³-hybridized carbons (Fsp3) is 0.114. The Morgan fingerprint density at radius 2 is 0.718 bits per heavy atom. The summed E-state index contributed by atoms with van der Waals surface area (Å²) in [4.78, 5) is 4.92. The standard InChI is InChI=1S/C79H62N2O2Si2/c1-47-18-13-24-60-62-26-16-30-71(77(62)82-75(47)60)80(49-32-38-53(39-33-49)84(3,4)5)51-36-42-57-58-43-37-52(81(50-34-40-54(41-35-50)85(6,7)8)72-31-17-27-63-61-25-14-19-48(2)76(61)83-78(63)72)45-69(58)79(68(57)44-51)67-29-12-11-22-64(67)74-65-28-15-23-59-55-20-9-10-21-56(55)66(73(59)65)46-70(74)79/h9-46H,1-8H3. The van der Waals surface area contributed by atoms with Crippen LogP contribution in [0.25, 0.3) is 99.2 Å². The zero-order valence-electron chi connectivity index (χ0n) is 49.2. The van der Waals surface area contributed by atoms with Crippen molar-refractivity contribution < 1.29 is 8.83 Å². The van der Waals surface area contributed by atoms with E-state index in [-0.39, 0.29) is 0 Å². The van der Waals surface area contributed by atoms with Crippen molar-refractivity contribution in [3.63, 3.8) is 0 Å². The van der Waals surface area contributed by atoms with Crippen LogP contribution in [0.15, 0.2) is 239 Å². The normalized spacial score (nSPS) is 13.5. The second-order valence-corrected chi connectivity index (χ2v) is 36.2. The molecule has 4 nitrogen and oxygen atoms in total. The number of aryl methyl sites for hydroxylation is 2. The molecule has 0 unspecified atom stereocenters. The summed E-state index contributed by atoms with van der Waals surface area (Å²) in [6.45, 7) is 18.9. The lowest BCUT2D eigenvalue weighted by Gasteiger charge is -2.33. The number of furan rings is 2. The molecule has 0 saturated carbocycles. The average molecular weight is 1130 g/mol. The topological polar surface area (TPSA) is 32.8 Å². The smallest absolute Gasteiger partial charge is 0.159 e. The number of benzene rings is 12. The van der Waals surface area contributed by atoms with Crippen LogP contribution in [0.2, 0.25) is 39.3 Å². The lowest BCUT2D eigenvalue weighted by atomic mass is 9.70. The predicted molar refractivity (Wildman–Crippen MR) is 364 cm³/mol. The second kappa shape index (κ2) is 17.8. The summed E-state index contributed by atoms with van der Waals surface area (Å²) in [5.41, 5.74) is 26.7. The fourth-order valence-corrected chi connectivity index (χ4v) is 17.4. The summed E-state index contributed by atoms with van der Waals surface area (Å²) in [7, 11) is -3.29. The van der Waals surface area contributed by atoms with Gasteiger partial charge in [-0.25, -0.2) is 0 Å². The Bertz CT molecular complexity index is 4960. The first-order chi connectivity index (χ1) is 41.3. The molecule has 12 aromatic carbocycles. The van der Waals surface area contributed by atoms with Crippen LogP contribution >= 0.6 is 0 Å². The first kappa shape index (κ1) is 50.1. The molecule has 14 aromatic rings. The van der Waals surface area contributed by atoms with Crippen molar-refractivity contribution in [1.82, 2.24) is 0 Å². The van der Waals surface area contributed by atoms with Gasteiger partial charge in [-0.1, -0.05) is 213 Å². The first-order valence-corrected chi connectivity index (χ1v) is 37.0. The Kier molecular flexibility index (Phi) is 10.5. The van der Waals surface area contributed by atoms with Crippen LogP contribution in [0.1, 0.15) is 33.4 Å². The molecule has 3 aliphatic rings. The molecule has 0 amide bonds. The lowest BCUT2D eigenvalue weighted by Crippen LogP contribution is -2.37.